The van der Waals surface area contributed by atoms with Gasteiger partial charge in [0, 0.05) is 61.8 Å². The number of nitrogens with zero attached hydrogens (tertiary/aromatic N) is 7. The number of rotatable bonds is 8. The fraction of sp³-hybridized carbons (Fsp3) is 0.400. The van der Waals surface area contributed by atoms with Crippen LogP contribution < -0.4 is 9.64 Å². The second-order valence-electron chi connectivity index (χ2n) is 13.0. The van der Waals surface area contributed by atoms with Gasteiger partial charge in [-0.15, -0.1) is 0 Å². The van der Waals surface area contributed by atoms with Crippen molar-refractivity contribution in [1.29, 1.82) is 0 Å². The summed E-state index contributed by atoms with van der Waals surface area (Å²) in [7, 11) is 0. The number of carbonyl (C=O) groups excluding carboxylic acids is 1. The number of ether oxygens (including phenoxy) is 1. The summed E-state index contributed by atoms with van der Waals surface area (Å²) in [6.07, 6.45) is 1.62. The minimum absolute atomic E-state index is 0.0294. The van der Waals surface area contributed by atoms with Crippen LogP contribution in [0.5, 0.6) is 6.01 Å². The van der Waals surface area contributed by atoms with Gasteiger partial charge < -0.3 is 19.4 Å². The van der Waals surface area contributed by atoms with Crippen LogP contribution in [0.15, 0.2) is 48.9 Å². The average molecular weight is 696 g/mol. The van der Waals surface area contributed by atoms with Crippen LogP contribution in [0.1, 0.15) is 27.2 Å². The molecule has 49 heavy (non-hydrogen) atoms. The molecule has 2 saturated heterocycles. The maximum atomic E-state index is 16.7. The molecule has 6 rings (SSSR count). The molecule has 1 unspecified atom stereocenters. The van der Waals surface area contributed by atoms with Gasteiger partial charge in [0.1, 0.15) is 41.2 Å². The molecule has 14 heteroatoms. The number of aromatic nitrogens is 3. The lowest BCUT2D eigenvalue weighted by atomic mass is 10.0. The highest BCUT2D eigenvalue weighted by atomic mass is 35.5. The third-order valence-electron chi connectivity index (χ3n) is 9.12. The van der Waals surface area contributed by atoms with E-state index in [0.29, 0.717) is 5.39 Å². The summed E-state index contributed by atoms with van der Waals surface area (Å²) in [4.78, 5) is 34.5. The van der Waals surface area contributed by atoms with Gasteiger partial charge in [-0.2, -0.15) is 9.97 Å². The number of benzene rings is 2. The van der Waals surface area contributed by atoms with Crippen molar-refractivity contribution in [3.63, 3.8) is 0 Å². The predicted molar refractivity (Wildman–Crippen MR) is 180 cm³/mol. The minimum atomic E-state index is -1.42. The molecule has 0 radical (unpaired) electrons. The minimum Gasteiger partial charge on any atom is -0.462 e. The summed E-state index contributed by atoms with van der Waals surface area (Å²) in [6, 6.07) is 6.63. The topological polar surface area (TPSA) is 79.1 Å². The fourth-order valence-electron chi connectivity index (χ4n) is 6.87. The molecular weight excluding hydrogens is 662 g/mol. The van der Waals surface area contributed by atoms with Gasteiger partial charge in [0.2, 0.25) is 6.54 Å². The van der Waals surface area contributed by atoms with Crippen molar-refractivity contribution >= 4 is 45.0 Å². The number of piperazine rings is 1. The van der Waals surface area contributed by atoms with Crippen molar-refractivity contribution in [1.82, 2.24) is 24.8 Å². The Kier molecular flexibility index (Phi) is 9.39. The molecular formula is C35H34ClF4N7O2. The van der Waals surface area contributed by atoms with Gasteiger partial charge in [-0.1, -0.05) is 42.4 Å². The van der Waals surface area contributed by atoms with Crippen molar-refractivity contribution in [2.45, 2.75) is 51.0 Å². The van der Waals surface area contributed by atoms with E-state index < -0.39 is 35.1 Å². The normalized spacial score (nSPS) is 21.5. The molecule has 9 nitrogen and oxygen atoms in total. The first-order valence-electron chi connectivity index (χ1n) is 15.8. The summed E-state index contributed by atoms with van der Waals surface area (Å²) >= 11 is 6.37. The number of halogens is 5. The van der Waals surface area contributed by atoms with Gasteiger partial charge in [0.05, 0.1) is 10.4 Å². The van der Waals surface area contributed by atoms with Crippen LogP contribution in [0.4, 0.5) is 23.4 Å². The van der Waals surface area contributed by atoms with Crippen molar-refractivity contribution < 1.29 is 27.1 Å². The first-order valence-corrected chi connectivity index (χ1v) is 16.2. The largest absolute Gasteiger partial charge is 0.462 e. The van der Waals surface area contributed by atoms with Gasteiger partial charge in [0.25, 0.3) is 5.91 Å². The summed E-state index contributed by atoms with van der Waals surface area (Å²) in [5.74, 6) is -3.31. The van der Waals surface area contributed by atoms with Crippen LogP contribution in [0, 0.1) is 18.2 Å². The number of alkyl halides is 1. The smallest absolute Gasteiger partial charge is 0.319 e. The maximum absolute atomic E-state index is 16.7. The molecule has 0 aliphatic carbocycles. The Labute approximate surface area is 286 Å². The number of amides is 1. The number of pyridine rings is 1. The summed E-state index contributed by atoms with van der Waals surface area (Å²) in [5.41, 5.74) is -1.44. The Bertz CT molecular complexity index is 2000. The zero-order valence-electron chi connectivity index (χ0n) is 27.2. The number of carbonyl (C=O) groups is 1. The second kappa shape index (κ2) is 13.4. The van der Waals surface area contributed by atoms with Gasteiger partial charge in [-0.3, -0.25) is 14.7 Å². The SMILES string of the molecule is [C-]#[N+]C[C@H]1CN(c2nc(OC[C@@H]3CC(C)(F)CN3C(C)C)nc3c(F)c(-c4cccc5ccc(F)c(Cl)c45)ncc23)CCN1C(=O)C(=C)F. The van der Waals surface area contributed by atoms with Gasteiger partial charge in [0.15, 0.2) is 11.6 Å². The van der Waals surface area contributed by atoms with E-state index in [1.807, 2.05) is 18.7 Å². The highest BCUT2D eigenvalue weighted by molar-refractivity contribution is 6.36. The van der Waals surface area contributed by atoms with E-state index in [0.717, 1.165) is 0 Å². The number of anilines is 1. The van der Waals surface area contributed by atoms with Gasteiger partial charge in [-0.25, -0.2) is 24.1 Å². The van der Waals surface area contributed by atoms with E-state index in [4.69, 9.17) is 22.9 Å². The zero-order valence-corrected chi connectivity index (χ0v) is 27.9. The lowest BCUT2D eigenvalue weighted by Gasteiger charge is -2.39. The third-order valence-corrected chi connectivity index (χ3v) is 9.49. The summed E-state index contributed by atoms with van der Waals surface area (Å²) in [5, 5.41) is 0.894. The second-order valence-corrected chi connectivity index (χ2v) is 13.3. The van der Waals surface area contributed by atoms with E-state index >= 15 is 8.78 Å². The molecule has 2 fully saturated rings. The Morgan fingerprint density at radius 3 is 2.69 bits per heavy atom. The molecule has 256 valence electrons. The van der Waals surface area contributed by atoms with Crippen molar-refractivity contribution in [3.8, 4) is 17.3 Å². The van der Waals surface area contributed by atoms with E-state index in [-0.39, 0.29) is 102 Å². The van der Waals surface area contributed by atoms with Gasteiger partial charge in [-0.05, 0) is 32.2 Å². The lowest BCUT2D eigenvalue weighted by molar-refractivity contribution is -0.131. The number of likely N-dealkylation sites (tertiary alicyclic amines) is 1. The van der Waals surface area contributed by atoms with Crippen LogP contribution in [-0.2, 0) is 4.79 Å². The van der Waals surface area contributed by atoms with Crippen LogP contribution >= 0.6 is 11.6 Å². The molecule has 0 N–H and O–H groups in total. The number of fused-ring (bicyclic) bond motifs is 2. The summed E-state index contributed by atoms with van der Waals surface area (Å²) in [6.45, 7) is 16.4. The van der Waals surface area contributed by atoms with Crippen LogP contribution in [0.25, 0.3) is 37.8 Å². The Morgan fingerprint density at radius 2 is 1.98 bits per heavy atom. The molecule has 1 amide bonds. The number of hydrogen-bond donors (Lipinski definition) is 0. The molecule has 4 aromatic rings. The van der Waals surface area contributed by atoms with Crippen LogP contribution in [0.3, 0.4) is 0 Å². The van der Waals surface area contributed by atoms with Crippen molar-refractivity contribution in [2.24, 2.45) is 0 Å². The van der Waals surface area contributed by atoms with Crippen molar-refractivity contribution in [3.05, 3.63) is 77.0 Å². The Balaban J connectivity index is 1.46. The highest BCUT2D eigenvalue weighted by Gasteiger charge is 2.42. The molecule has 0 bridgehead atoms. The fourth-order valence-corrected chi connectivity index (χ4v) is 7.14. The summed E-state index contributed by atoms with van der Waals surface area (Å²) < 4.78 is 66.3. The quantitative estimate of drug-likeness (QED) is 0.114. The number of hydrogen-bond acceptors (Lipinski definition) is 7. The maximum Gasteiger partial charge on any atom is 0.319 e. The molecule has 3 atom stereocenters. The standard InChI is InChI=1S/C35H34ClF4N7O2/c1-19(2)47-18-35(4,40)13-22(47)17-49-34-43-31-25(32(44-34)45-11-12-46(33(48)20(3)37)23(16-45)14-41-5)15-42-30(29(31)39)24-8-6-7-21-9-10-26(38)28(36)27(21)24/h6-10,15,19,22-23H,3,11-14,16-18H2,1-2,4H3/t22-,23-,35?/m0/s1. The average Bonchev–Trinajstić information content (AvgIpc) is 3.39. The molecule has 0 spiro atoms. The van der Waals surface area contributed by atoms with Gasteiger partial charge >= 0.3 is 6.01 Å². The lowest BCUT2D eigenvalue weighted by Crippen LogP contribution is -2.56. The van der Waals surface area contributed by atoms with Crippen LogP contribution in [0.2, 0.25) is 5.02 Å². The molecule has 2 aliphatic heterocycles. The Hall–Kier alpha value is -4.54. The van der Waals surface area contributed by atoms with Crippen LogP contribution in [-0.4, -0.2) is 93.8 Å². The van der Waals surface area contributed by atoms with E-state index in [1.54, 1.807) is 36.1 Å². The monoisotopic (exact) mass is 695 g/mol. The molecule has 0 saturated carbocycles. The van der Waals surface area contributed by atoms with E-state index in [2.05, 4.69) is 26.4 Å². The molecule has 2 aromatic carbocycles. The first kappa shape index (κ1) is 34.3. The molecule has 2 aromatic heterocycles. The van der Waals surface area contributed by atoms with Crippen molar-refractivity contribution in [2.75, 3.05) is 44.2 Å². The van der Waals surface area contributed by atoms with E-state index in [1.165, 1.54) is 17.2 Å². The highest BCUT2D eigenvalue weighted by Crippen LogP contribution is 2.39. The Morgan fingerprint density at radius 1 is 1.20 bits per heavy atom. The van der Waals surface area contributed by atoms with E-state index in [9.17, 15) is 13.6 Å². The molecule has 2 aliphatic rings. The first-order chi connectivity index (χ1) is 23.3. The third kappa shape index (κ3) is 6.59. The molecule has 4 heterocycles. The zero-order chi connectivity index (χ0) is 35.2. The predicted octanol–water partition coefficient (Wildman–Crippen LogP) is 6.79.